The van der Waals surface area contributed by atoms with Gasteiger partial charge in [-0.05, 0) is 25.1 Å². The maximum Gasteiger partial charge on any atom is 0.242 e. The van der Waals surface area contributed by atoms with Crippen molar-refractivity contribution in [1.82, 2.24) is 14.5 Å². The van der Waals surface area contributed by atoms with E-state index in [0.717, 1.165) is 4.90 Å². The topological polar surface area (TPSA) is 59.2 Å². The van der Waals surface area contributed by atoms with Crippen molar-refractivity contribution in [1.29, 1.82) is 0 Å². The fourth-order valence-corrected chi connectivity index (χ4v) is 2.97. The number of rotatable bonds is 1. The Bertz CT molecular complexity index is 611. The predicted octanol–water partition coefficient (Wildman–Crippen LogP) is 2.25. The number of hydrogen-bond donors (Lipinski definition) is 0. The lowest BCUT2D eigenvalue weighted by Crippen LogP contribution is -2.30. The first-order chi connectivity index (χ1) is 8.66. The number of aromatic nitrogens is 2. The van der Waals surface area contributed by atoms with Crippen LogP contribution in [0.1, 0.15) is 28.2 Å². The van der Waals surface area contributed by atoms with Crippen LogP contribution in [0.4, 0.5) is 0 Å². The van der Waals surface area contributed by atoms with Crippen LogP contribution in [0.15, 0.2) is 33.6 Å². The molecular weight excluding hydrogens is 250 g/mol. The van der Waals surface area contributed by atoms with E-state index in [0.29, 0.717) is 17.3 Å². The van der Waals surface area contributed by atoms with E-state index in [4.69, 9.17) is 4.42 Å². The second kappa shape index (κ2) is 4.22. The number of ketones is 1. The summed E-state index contributed by atoms with van der Waals surface area (Å²) in [6.45, 7) is 1.71. The zero-order chi connectivity index (χ0) is 12.7. The number of likely N-dealkylation sites (N-methyl/N-ethyl adjacent to an activating group) is 1. The predicted molar refractivity (Wildman–Crippen MR) is 66.2 cm³/mol. The Morgan fingerprint density at radius 1 is 1.33 bits per heavy atom. The summed E-state index contributed by atoms with van der Waals surface area (Å²) in [5.74, 6) is 0.813. The molecule has 5 nitrogen and oxygen atoms in total. The highest BCUT2D eigenvalue weighted by molar-refractivity contribution is 7.97. The second-order valence-corrected chi connectivity index (χ2v) is 5.26. The molecule has 0 aliphatic carbocycles. The van der Waals surface area contributed by atoms with E-state index < -0.39 is 6.04 Å². The SMILES string of the molecule is Cc1nnc(C2C(=O)c3ccccc3SN2C)o1. The third-order valence-electron chi connectivity index (χ3n) is 2.78. The van der Waals surface area contributed by atoms with Gasteiger partial charge >= 0.3 is 0 Å². The van der Waals surface area contributed by atoms with Crippen molar-refractivity contribution in [2.45, 2.75) is 17.9 Å². The van der Waals surface area contributed by atoms with Crippen molar-refractivity contribution in [2.75, 3.05) is 7.05 Å². The molecule has 3 rings (SSSR count). The molecule has 2 aromatic rings. The minimum atomic E-state index is -0.508. The first-order valence-corrected chi connectivity index (χ1v) is 6.28. The van der Waals surface area contributed by atoms with Gasteiger partial charge in [-0.3, -0.25) is 4.79 Å². The molecule has 0 fully saturated rings. The van der Waals surface area contributed by atoms with Gasteiger partial charge in [0.15, 0.2) is 11.8 Å². The third kappa shape index (κ3) is 1.74. The summed E-state index contributed by atoms with van der Waals surface area (Å²) < 4.78 is 7.23. The number of hydrogen-bond acceptors (Lipinski definition) is 6. The van der Waals surface area contributed by atoms with Gasteiger partial charge in [-0.15, -0.1) is 10.2 Å². The van der Waals surface area contributed by atoms with Crippen LogP contribution in [-0.2, 0) is 0 Å². The normalized spacial score (nSPS) is 19.9. The Labute approximate surface area is 108 Å². The van der Waals surface area contributed by atoms with Crippen molar-refractivity contribution in [3.05, 3.63) is 41.6 Å². The van der Waals surface area contributed by atoms with E-state index in [2.05, 4.69) is 10.2 Å². The van der Waals surface area contributed by atoms with Gasteiger partial charge in [0.25, 0.3) is 0 Å². The monoisotopic (exact) mass is 261 g/mol. The van der Waals surface area contributed by atoms with E-state index in [1.807, 2.05) is 35.6 Å². The zero-order valence-corrected chi connectivity index (χ0v) is 10.8. The summed E-state index contributed by atoms with van der Waals surface area (Å²) in [5, 5.41) is 7.73. The maximum atomic E-state index is 12.5. The molecule has 92 valence electrons. The molecule has 0 saturated carbocycles. The molecule has 0 spiro atoms. The largest absolute Gasteiger partial charge is 0.423 e. The summed E-state index contributed by atoms with van der Waals surface area (Å²) in [4.78, 5) is 13.4. The van der Waals surface area contributed by atoms with Gasteiger partial charge in [0, 0.05) is 17.4 Å². The standard InChI is InChI=1S/C12H11N3O2S/c1-7-13-14-12(17-7)10-11(16)8-5-3-4-6-9(8)18-15(10)2/h3-6,10H,1-2H3. The quantitative estimate of drug-likeness (QED) is 0.734. The molecule has 1 aliphatic heterocycles. The smallest absolute Gasteiger partial charge is 0.242 e. The van der Waals surface area contributed by atoms with Gasteiger partial charge in [-0.2, -0.15) is 0 Å². The van der Waals surface area contributed by atoms with Gasteiger partial charge < -0.3 is 4.42 Å². The van der Waals surface area contributed by atoms with E-state index in [1.54, 1.807) is 6.92 Å². The summed E-state index contributed by atoms with van der Waals surface area (Å²) in [6.07, 6.45) is 0. The van der Waals surface area contributed by atoms with E-state index in [1.165, 1.54) is 11.9 Å². The number of nitrogens with zero attached hydrogens (tertiary/aromatic N) is 3. The minimum Gasteiger partial charge on any atom is -0.423 e. The number of benzene rings is 1. The Morgan fingerprint density at radius 3 is 2.83 bits per heavy atom. The van der Waals surface area contributed by atoms with Crippen molar-refractivity contribution < 1.29 is 9.21 Å². The molecule has 0 saturated heterocycles. The van der Waals surface area contributed by atoms with Gasteiger partial charge in [0.1, 0.15) is 0 Å². The summed E-state index contributed by atoms with van der Waals surface area (Å²) in [5.41, 5.74) is 0.710. The van der Waals surface area contributed by atoms with Crippen LogP contribution >= 0.6 is 11.9 Å². The lowest BCUT2D eigenvalue weighted by molar-refractivity contribution is 0.0883. The van der Waals surface area contributed by atoms with Gasteiger partial charge in [-0.1, -0.05) is 18.2 Å². The Hall–Kier alpha value is -1.66. The van der Waals surface area contributed by atoms with Gasteiger partial charge in [0.05, 0.1) is 0 Å². The minimum absolute atomic E-state index is 0.00417. The van der Waals surface area contributed by atoms with Crippen LogP contribution in [0.25, 0.3) is 0 Å². The average Bonchev–Trinajstić information content (AvgIpc) is 2.76. The molecule has 6 heteroatoms. The highest BCUT2D eigenvalue weighted by Gasteiger charge is 2.37. The van der Waals surface area contributed by atoms with Crippen LogP contribution < -0.4 is 0 Å². The molecule has 0 amide bonds. The van der Waals surface area contributed by atoms with Crippen molar-refractivity contribution >= 4 is 17.7 Å². The van der Waals surface area contributed by atoms with E-state index in [9.17, 15) is 4.79 Å². The fourth-order valence-electron chi connectivity index (χ4n) is 1.96. The third-order valence-corrected chi connectivity index (χ3v) is 3.83. The van der Waals surface area contributed by atoms with Crippen LogP contribution in [0.3, 0.4) is 0 Å². The summed E-state index contributed by atoms with van der Waals surface area (Å²) >= 11 is 1.51. The molecule has 1 aromatic heterocycles. The molecule has 0 N–H and O–H groups in total. The van der Waals surface area contributed by atoms with Gasteiger partial charge in [0.2, 0.25) is 11.8 Å². The van der Waals surface area contributed by atoms with Crippen LogP contribution in [0.5, 0.6) is 0 Å². The Morgan fingerprint density at radius 2 is 2.11 bits per heavy atom. The Balaban J connectivity index is 2.06. The highest BCUT2D eigenvalue weighted by Crippen LogP contribution is 2.39. The average molecular weight is 261 g/mol. The first-order valence-electron chi connectivity index (χ1n) is 5.51. The number of carbonyl (C=O) groups excluding carboxylic acids is 1. The van der Waals surface area contributed by atoms with Gasteiger partial charge in [-0.25, -0.2) is 4.31 Å². The molecule has 0 radical (unpaired) electrons. The van der Waals surface area contributed by atoms with Crippen molar-refractivity contribution in [3.63, 3.8) is 0 Å². The lowest BCUT2D eigenvalue weighted by atomic mass is 10.0. The fraction of sp³-hybridized carbons (Fsp3) is 0.250. The first kappa shape index (κ1) is 11.4. The van der Waals surface area contributed by atoms with Crippen LogP contribution in [-0.4, -0.2) is 27.3 Å². The van der Waals surface area contributed by atoms with Crippen molar-refractivity contribution in [2.24, 2.45) is 0 Å². The number of aryl methyl sites for hydroxylation is 1. The van der Waals surface area contributed by atoms with E-state index in [-0.39, 0.29) is 5.78 Å². The van der Waals surface area contributed by atoms with Crippen LogP contribution in [0.2, 0.25) is 0 Å². The molecule has 1 aromatic carbocycles. The zero-order valence-electron chi connectivity index (χ0n) is 9.95. The number of Topliss-reactive ketones (excluding diaryl/α,β-unsaturated/α-hetero) is 1. The second-order valence-electron chi connectivity index (χ2n) is 4.06. The molecule has 18 heavy (non-hydrogen) atoms. The number of carbonyl (C=O) groups is 1. The molecule has 1 atom stereocenters. The molecule has 1 unspecified atom stereocenters. The molecule has 0 bridgehead atoms. The summed E-state index contributed by atoms with van der Waals surface area (Å²) in [7, 11) is 1.85. The number of fused-ring (bicyclic) bond motifs is 1. The Kier molecular flexibility index (Phi) is 2.68. The van der Waals surface area contributed by atoms with Crippen molar-refractivity contribution in [3.8, 4) is 0 Å². The van der Waals surface area contributed by atoms with E-state index >= 15 is 0 Å². The summed E-state index contributed by atoms with van der Waals surface area (Å²) in [6, 6.07) is 7.03. The molecule has 2 heterocycles. The maximum absolute atomic E-state index is 12.5. The van der Waals surface area contributed by atoms with Crippen LogP contribution in [0, 0.1) is 6.92 Å². The molecular formula is C12H11N3O2S. The highest BCUT2D eigenvalue weighted by atomic mass is 32.2. The molecule has 1 aliphatic rings. The lowest BCUT2D eigenvalue weighted by Gasteiger charge is -2.28.